The molecule has 0 heterocycles. The van der Waals surface area contributed by atoms with E-state index in [2.05, 4.69) is 5.32 Å². The fraction of sp³-hybridized carbons (Fsp3) is 0.467. The summed E-state index contributed by atoms with van der Waals surface area (Å²) in [5, 5.41) is 11.5. The predicted octanol–water partition coefficient (Wildman–Crippen LogP) is 1.69. The second-order valence-electron chi connectivity index (χ2n) is 4.52. The third kappa shape index (κ3) is 6.16. The maximum absolute atomic E-state index is 11.6. The maximum Gasteiger partial charge on any atom is 0.308 e. The summed E-state index contributed by atoms with van der Waals surface area (Å²) < 4.78 is 10.5. The Bertz CT molecular complexity index is 458. The minimum Gasteiger partial charge on any atom is -0.497 e. The molecule has 0 bridgehead atoms. The molecule has 0 saturated carbocycles. The summed E-state index contributed by atoms with van der Waals surface area (Å²) in [5.41, 5.74) is 0. The Morgan fingerprint density at radius 1 is 1.24 bits per heavy atom. The molecule has 0 radical (unpaired) electrons. The van der Waals surface area contributed by atoms with Crippen LogP contribution in [0, 0.1) is 5.92 Å². The highest BCUT2D eigenvalue weighted by atomic mass is 16.5. The van der Waals surface area contributed by atoms with Gasteiger partial charge < -0.3 is 19.9 Å². The lowest BCUT2D eigenvalue weighted by Gasteiger charge is -2.11. The quantitative estimate of drug-likeness (QED) is 0.724. The number of aliphatic carboxylic acids is 1. The zero-order chi connectivity index (χ0) is 15.7. The molecule has 0 aromatic heterocycles. The van der Waals surface area contributed by atoms with E-state index >= 15 is 0 Å². The number of hydrogen-bond donors (Lipinski definition) is 2. The SMILES string of the molecule is CCC(CNC(=O)CCOc1ccc(OC)cc1)C(=O)O. The first-order valence-electron chi connectivity index (χ1n) is 6.83. The zero-order valence-electron chi connectivity index (χ0n) is 12.3. The summed E-state index contributed by atoms with van der Waals surface area (Å²) in [4.78, 5) is 22.4. The number of methoxy groups -OCH3 is 1. The molecular weight excluding hydrogens is 274 g/mol. The average molecular weight is 295 g/mol. The molecule has 21 heavy (non-hydrogen) atoms. The predicted molar refractivity (Wildman–Crippen MR) is 77.5 cm³/mol. The van der Waals surface area contributed by atoms with Crippen molar-refractivity contribution in [1.82, 2.24) is 5.32 Å². The Morgan fingerprint density at radius 2 is 1.86 bits per heavy atom. The summed E-state index contributed by atoms with van der Waals surface area (Å²) >= 11 is 0. The minimum atomic E-state index is -0.896. The molecule has 0 aliphatic carbocycles. The Morgan fingerprint density at radius 3 is 2.38 bits per heavy atom. The summed E-state index contributed by atoms with van der Waals surface area (Å²) in [7, 11) is 1.58. The monoisotopic (exact) mass is 295 g/mol. The van der Waals surface area contributed by atoms with Gasteiger partial charge in [0, 0.05) is 6.54 Å². The van der Waals surface area contributed by atoms with E-state index in [9.17, 15) is 9.59 Å². The largest absolute Gasteiger partial charge is 0.497 e. The van der Waals surface area contributed by atoms with Crippen LogP contribution in [0.4, 0.5) is 0 Å². The molecule has 0 aliphatic heterocycles. The number of carboxylic acids is 1. The van der Waals surface area contributed by atoms with Gasteiger partial charge in [-0.1, -0.05) is 6.92 Å². The van der Waals surface area contributed by atoms with Crippen LogP contribution >= 0.6 is 0 Å². The van der Waals surface area contributed by atoms with E-state index in [0.717, 1.165) is 5.75 Å². The van der Waals surface area contributed by atoms with E-state index in [0.29, 0.717) is 12.2 Å². The lowest BCUT2D eigenvalue weighted by Crippen LogP contribution is -2.33. The van der Waals surface area contributed by atoms with Crippen LogP contribution in [0.5, 0.6) is 11.5 Å². The van der Waals surface area contributed by atoms with Crippen LogP contribution in [-0.2, 0) is 9.59 Å². The van der Waals surface area contributed by atoms with Gasteiger partial charge in [0.25, 0.3) is 0 Å². The molecule has 1 unspecified atom stereocenters. The smallest absolute Gasteiger partial charge is 0.308 e. The Hall–Kier alpha value is -2.24. The van der Waals surface area contributed by atoms with E-state index in [4.69, 9.17) is 14.6 Å². The van der Waals surface area contributed by atoms with Gasteiger partial charge in [0.1, 0.15) is 11.5 Å². The second-order valence-corrected chi connectivity index (χ2v) is 4.52. The van der Waals surface area contributed by atoms with Crippen LogP contribution in [0.25, 0.3) is 0 Å². The van der Waals surface area contributed by atoms with Crippen LogP contribution in [0.3, 0.4) is 0 Å². The molecule has 1 amide bonds. The van der Waals surface area contributed by atoms with Gasteiger partial charge in [0.05, 0.1) is 26.1 Å². The molecule has 0 fully saturated rings. The first-order valence-corrected chi connectivity index (χ1v) is 6.83. The van der Waals surface area contributed by atoms with Gasteiger partial charge >= 0.3 is 5.97 Å². The summed E-state index contributed by atoms with van der Waals surface area (Å²) in [5.74, 6) is -0.271. The highest BCUT2D eigenvalue weighted by Crippen LogP contribution is 2.16. The summed E-state index contributed by atoms with van der Waals surface area (Å²) in [6.07, 6.45) is 0.667. The zero-order valence-corrected chi connectivity index (χ0v) is 12.3. The molecule has 0 aliphatic rings. The van der Waals surface area contributed by atoms with Crippen molar-refractivity contribution >= 4 is 11.9 Å². The minimum absolute atomic E-state index is 0.146. The molecule has 1 aromatic carbocycles. The molecule has 6 heteroatoms. The highest BCUT2D eigenvalue weighted by Gasteiger charge is 2.15. The van der Waals surface area contributed by atoms with Crippen LogP contribution in [0.15, 0.2) is 24.3 Å². The molecule has 1 rings (SSSR count). The summed E-state index contributed by atoms with van der Waals surface area (Å²) in [6.45, 7) is 2.16. The second kappa shape index (κ2) is 8.84. The Kier molecular flexibility index (Phi) is 7.08. The van der Waals surface area contributed by atoms with Crippen molar-refractivity contribution in [1.29, 1.82) is 0 Å². The number of carbonyl (C=O) groups is 2. The molecule has 1 aromatic rings. The van der Waals surface area contributed by atoms with Gasteiger partial charge in [-0.3, -0.25) is 9.59 Å². The third-order valence-corrected chi connectivity index (χ3v) is 3.04. The van der Waals surface area contributed by atoms with E-state index < -0.39 is 11.9 Å². The highest BCUT2D eigenvalue weighted by molar-refractivity contribution is 5.77. The van der Waals surface area contributed by atoms with Gasteiger partial charge in [0.2, 0.25) is 5.91 Å². The molecule has 0 saturated heterocycles. The first kappa shape index (κ1) is 16.8. The number of amides is 1. The molecule has 0 spiro atoms. The first-order chi connectivity index (χ1) is 10.1. The van der Waals surface area contributed by atoms with E-state index in [1.807, 2.05) is 0 Å². The van der Waals surface area contributed by atoms with Crippen molar-refractivity contribution in [2.24, 2.45) is 5.92 Å². The standard InChI is InChI=1S/C15H21NO5/c1-3-11(15(18)19)10-16-14(17)8-9-21-13-6-4-12(20-2)5-7-13/h4-7,11H,3,8-10H2,1-2H3,(H,16,17)(H,18,19). The van der Waals surface area contributed by atoms with Gasteiger partial charge in [-0.2, -0.15) is 0 Å². The van der Waals surface area contributed by atoms with E-state index in [-0.39, 0.29) is 25.5 Å². The fourth-order valence-corrected chi connectivity index (χ4v) is 1.67. The lowest BCUT2D eigenvalue weighted by atomic mass is 10.1. The van der Waals surface area contributed by atoms with E-state index in [1.54, 1.807) is 38.3 Å². The number of hydrogen-bond acceptors (Lipinski definition) is 4. The van der Waals surface area contributed by atoms with Gasteiger partial charge in [-0.25, -0.2) is 0 Å². The Labute approximate surface area is 124 Å². The van der Waals surface area contributed by atoms with Crippen molar-refractivity contribution in [2.75, 3.05) is 20.3 Å². The lowest BCUT2D eigenvalue weighted by molar-refractivity contribution is -0.141. The van der Waals surface area contributed by atoms with Crippen LogP contribution in [0.1, 0.15) is 19.8 Å². The number of carboxylic acid groups (broad SMARTS) is 1. The van der Waals surface area contributed by atoms with E-state index in [1.165, 1.54) is 0 Å². The number of nitrogens with one attached hydrogen (secondary N) is 1. The number of benzene rings is 1. The molecule has 2 N–H and O–H groups in total. The molecule has 116 valence electrons. The number of carbonyl (C=O) groups excluding carboxylic acids is 1. The number of rotatable bonds is 9. The van der Waals surface area contributed by atoms with Crippen LogP contribution < -0.4 is 14.8 Å². The number of ether oxygens (including phenoxy) is 2. The Balaban J connectivity index is 2.25. The third-order valence-electron chi connectivity index (χ3n) is 3.04. The fourth-order valence-electron chi connectivity index (χ4n) is 1.67. The van der Waals surface area contributed by atoms with Crippen molar-refractivity contribution in [3.05, 3.63) is 24.3 Å². The normalized spacial score (nSPS) is 11.5. The van der Waals surface area contributed by atoms with Crippen molar-refractivity contribution < 1.29 is 24.2 Å². The average Bonchev–Trinajstić information content (AvgIpc) is 2.48. The van der Waals surface area contributed by atoms with Gasteiger partial charge in [0.15, 0.2) is 0 Å². The summed E-state index contributed by atoms with van der Waals surface area (Å²) in [6, 6.07) is 7.06. The van der Waals surface area contributed by atoms with Gasteiger partial charge in [-0.15, -0.1) is 0 Å². The molecule has 6 nitrogen and oxygen atoms in total. The van der Waals surface area contributed by atoms with Gasteiger partial charge in [-0.05, 0) is 30.7 Å². The maximum atomic E-state index is 11.6. The van der Waals surface area contributed by atoms with Crippen LogP contribution in [0.2, 0.25) is 0 Å². The van der Waals surface area contributed by atoms with Crippen molar-refractivity contribution in [2.45, 2.75) is 19.8 Å². The molecule has 1 atom stereocenters. The molecular formula is C15H21NO5. The van der Waals surface area contributed by atoms with Crippen LogP contribution in [-0.4, -0.2) is 37.2 Å². The topological polar surface area (TPSA) is 84.9 Å². The van der Waals surface area contributed by atoms with Crippen molar-refractivity contribution in [3.8, 4) is 11.5 Å². The van der Waals surface area contributed by atoms with Crippen molar-refractivity contribution in [3.63, 3.8) is 0 Å².